The van der Waals surface area contributed by atoms with E-state index in [1.807, 2.05) is 6.07 Å². The Morgan fingerprint density at radius 3 is 3.11 bits per heavy atom. The van der Waals surface area contributed by atoms with Crippen molar-refractivity contribution in [3.05, 3.63) is 54.4 Å². The molecule has 1 N–H and O–H groups in total. The van der Waals surface area contributed by atoms with Crippen LogP contribution in [0.2, 0.25) is 0 Å². The molecule has 1 saturated heterocycles. The minimum Gasteiger partial charge on any atom is -0.494 e. The summed E-state index contributed by atoms with van der Waals surface area (Å²) in [6.07, 6.45) is 5.24. The van der Waals surface area contributed by atoms with Crippen LogP contribution in [0.4, 0.5) is 10.1 Å². The summed E-state index contributed by atoms with van der Waals surface area (Å²) in [5, 5.41) is 3.81. The molecular weight excluding hydrogens is 361 g/mol. The minimum atomic E-state index is -0.420. The number of piperidine rings is 1. The third-order valence-electron chi connectivity index (χ3n) is 5.15. The quantitative estimate of drug-likeness (QED) is 0.729. The van der Waals surface area contributed by atoms with E-state index in [1.54, 1.807) is 24.4 Å². The summed E-state index contributed by atoms with van der Waals surface area (Å²) in [5.41, 5.74) is 1.61. The van der Waals surface area contributed by atoms with Gasteiger partial charge in [0.15, 0.2) is 17.3 Å². The van der Waals surface area contributed by atoms with Crippen molar-refractivity contribution in [3.8, 4) is 5.75 Å². The molecule has 6 nitrogen and oxygen atoms in total. The fraction of sp³-hybridized carbons (Fsp3) is 0.333. The monoisotopic (exact) mass is 383 g/mol. The van der Waals surface area contributed by atoms with Crippen LogP contribution in [0.5, 0.6) is 5.75 Å². The van der Waals surface area contributed by atoms with Gasteiger partial charge in [0.1, 0.15) is 0 Å². The van der Waals surface area contributed by atoms with Gasteiger partial charge in [-0.1, -0.05) is 0 Å². The number of rotatable bonds is 5. The molecule has 0 saturated carbocycles. The molecule has 1 fully saturated rings. The van der Waals surface area contributed by atoms with Crippen LogP contribution in [0, 0.1) is 11.7 Å². The van der Waals surface area contributed by atoms with E-state index < -0.39 is 5.82 Å². The van der Waals surface area contributed by atoms with Gasteiger partial charge in [-0.2, -0.15) is 0 Å². The molecule has 0 radical (unpaired) electrons. The van der Waals surface area contributed by atoms with Crippen molar-refractivity contribution in [2.75, 3.05) is 31.6 Å². The second-order valence-corrected chi connectivity index (χ2v) is 6.98. The van der Waals surface area contributed by atoms with Crippen LogP contribution in [0.1, 0.15) is 23.4 Å². The molecule has 1 aromatic carbocycles. The largest absolute Gasteiger partial charge is 0.494 e. The predicted octanol–water partition coefficient (Wildman–Crippen LogP) is 3.62. The number of fused-ring (bicyclic) bond motifs is 1. The highest BCUT2D eigenvalue weighted by atomic mass is 19.1. The molecule has 0 spiro atoms. The normalized spacial score (nSPS) is 16.9. The molecule has 1 aliphatic heterocycles. The Bertz CT molecular complexity index is 974. The summed E-state index contributed by atoms with van der Waals surface area (Å²) in [4.78, 5) is 18.7. The lowest BCUT2D eigenvalue weighted by Crippen LogP contribution is -2.41. The maximum absolute atomic E-state index is 14.0. The number of pyridine rings is 1. The van der Waals surface area contributed by atoms with Crippen molar-refractivity contribution in [3.63, 3.8) is 0 Å². The Morgan fingerprint density at radius 2 is 2.32 bits per heavy atom. The zero-order valence-electron chi connectivity index (χ0n) is 15.7. The highest BCUT2D eigenvalue weighted by Gasteiger charge is 2.23. The molecule has 1 aliphatic rings. The highest BCUT2D eigenvalue weighted by Crippen LogP contribution is 2.33. The first kappa shape index (κ1) is 18.3. The van der Waals surface area contributed by atoms with Crippen LogP contribution in [-0.4, -0.2) is 37.6 Å². The Hall–Kier alpha value is -3.09. The summed E-state index contributed by atoms with van der Waals surface area (Å²) < 4.78 is 24.3. The Kier molecular flexibility index (Phi) is 5.14. The van der Waals surface area contributed by atoms with Crippen LogP contribution in [-0.2, 0) is 0 Å². The van der Waals surface area contributed by atoms with Gasteiger partial charge < -0.3 is 19.4 Å². The van der Waals surface area contributed by atoms with E-state index in [9.17, 15) is 9.18 Å². The number of anilines is 1. The maximum atomic E-state index is 14.0. The number of ether oxygens (including phenoxy) is 1. The summed E-state index contributed by atoms with van der Waals surface area (Å²) in [6.45, 7) is 2.29. The van der Waals surface area contributed by atoms with Gasteiger partial charge in [-0.15, -0.1) is 0 Å². The molecule has 2 aromatic heterocycles. The molecule has 3 heterocycles. The number of nitrogens with one attached hydrogen (secondary N) is 1. The van der Waals surface area contributed by atoms with Gasteiger partial charge >= 0.3 is 0 Å². The van der Waals surface area contributed by atoms with Crippen LogP contribution in [0.3, 0.4) is 0 Å². The summed E-state index contributed by atoms with van der Waals surface area (Å²) in [6, 6.07) is 8.41. The van der Waals surface area contributed by atoms with Crippen LogP contribution in [0.15, 0.2) is 47.2 Å². The first-order valence-corrected chi connectivity index (χ1v) is 9.34. The van der Waals surface area contributed by atoms with Gasteiger partial charge in [-0.25, -0.2) is 4.39 Å². The predicted molar refractivity (Wildman–Crippen MR) is 104 cm³/mol. The Labute approximate surface area is 162 Å². The van der Waals surface area contributed by atoms with Crippen molar-refractivity contribution in [1.82, 2.24) is 10.3 Å². The number of halogens is 1. The number of nitrogens with zero attached hydrogens (tertiary/aromatic N) is 2. The number of hydrogen-bond donors (Lipinski definition) is 1. The zero-order valence-corrected chi connectivity index (χ0v) is 15.7. The van der Waals surface area contributed by atoms with Crippen molar-refractivity contribution in [2.24, 2.45) is 5.92 Å². The molecule has 1 unspecified atom stereocenters. The number of benzene rings is 1. The summed E-state index contributed by atoms with van der Waals surface area (Å²) >= 11 is 0. The third kappa shape index (κ3) is 3.65. The first-order valence-electron chi connectivity index (χ1n) is 9.34. The van der Waals surface area contributed by atoms with Gasteiger partial charge in [0.2, 0.25) is 0 Å². The number of carbonyl (C=O) groups excluding carboxylic acids is 1. The van der Waals surface area contributed by atoms with E-state index >= 15 is 0 Å². The summed E-state index contributed by atoms with van der Waals surface area (Å²) in [5.74, 6) is 0.231. The zero-order chi connectivity index (χ0) is 19.5. The minimum absolute atomic E-state index is 0.198. The molecule has 28 heavy (non-hydrogen) atoms. The maximum Gasteiger partial charge on any atom is 0.286 e. The van der Waals surface area contributed by atoms with E-state index in [4.69, 9.17) is 9.15 Å². The van der Waals surface area contributed by atoms with E-state index in [1.165, 1.54) is 19.4 Å². The highest BCUT2D eigenvalue weighted by molar-refractivity contribution is 5.93. The van der Waals surface area contributed by atoms with E-state index in [-0.39, 0.29) is 11.7 Å². The fourth-order valence-electron chi connectivity index (χ4n) is 3.75. The van der Waals surface area contributed by atoms with Crippen LogP contribution >= 0.6 is 0 Å². The second kappa shape index (κ2) is 7.88. The van der Waals surface area contributed by atoms with Gasteiger partial charge in [0, 0.05) is 43.0 Å². The lowest BCUT2D eigenvalue weighted by Gasteiger charge is -2.35. The average molecular weight is 383 g/mol. The molecule has 7 heteroatoms. The molecule has 0 bridgehead atoms. The fourth-order valence-corrected chi connectivity index (χ4v) is 3.75. The second-order valence-electron chi connectivity index (χ2n) is 6.98. The molecule has 0 aliphatic carbocycles. The van der Waals surface area contributed by atoms with Crippen LogP contribution < -0.4 is 15.0 Å². The lowest BCUT2D eigenvalue weighted by molar-refractivity contribution is 0.0918. The van der Waals surface area contributed by atoms with Gasteiger partial charge in [0.05, 0.1) is 18.9 Å². The van der Waals surface area contributed by atoms with Gasteiger partial charge in [-0.05, 0) is 43.0 Å². The number of hydrogen-bond acceptors (Lipinski definition) is 5. The van der Waals surface area contributed by atoms with Gasteiger partial charge in [0.25, 0.3) is 5.91 Å². The Morgan fingerprint density at radius 1 is 1.43 bits per heavy atom. The standard InChI is InChI=1S/C21H22FN3O3/c1-27-20-10-15-17(11-16(20)22)23-7-6-18(15)25-8-2-4-14(13-25)12-24-21(26)19-5-3-9-28-19/h3,5-7,9-11,14H,2,4,8,12-13H2,1H3,(H,24,26). The molecule has 4 rings (SSSR count). The third-order valence-corrected chi connectivity index (χ3v) is 5.15. The molecular formula is C21H22FN3O3. The number of amides is 1. The topological polar surface area (TPSA) is 67.6 Å². The van der Waals surface area contributed by atoms with E-state index in [2.05, 4.69) is 15.2 Å². The number of aromatic nitrogens is 1. The number of methoxy groups -OCH3 is 1. The van der Waals surface area contributed by atoms with Crippen molar-refractivity contribution in [2.45, 2.75) is 12.8 Å². The lowest BCUT2D eigenvalue weighted by atomic mass is 9.97. The Balaban J connectivity index is 1.50. The summed E-state index contributed by atoms with van der Waals surface area (Å²) in [7, 11) is 1.46. The SMILES string of the molecule is COc1cc2c(N3CCCC(CNC(=O)c4ccco4)C3)ccnc2cc1F. The number of carbonyl (C=O) groups is 1. The van der Waals surface area contributed by atoms with Gasteiger partial charge in [-0.3, -0.25) is 9.78 Å². The van der Waals surface area contributed by atoms with E-state index in [0.717, 1.165) is 37.0 Å². The van der Waals surface area contributed by atoms with E-state index in [0.29, 0.717) is 23.7 Å². The van der Waals surface area contributed by atoms with Crippen molar-refractivity contribution in [1.29, 1.82) is 0 Å². The molecule has 1 atom stereocenters. The smallest absolute Gasteiger partial charge is 0.286 e. The van der Waals surface area contributed by atoms with Crippen molar-refractivity contribution < 1.29 is 18.3 Å². The average Bonchev–Trinajstić information content (AvgIpc) is 3.26. The molecule has 1 amide bonds. The number of furan rings is 1. The first-order chi connectivity index (χ1) is 13.7. The van der Waals surface area contributed by atoms with Crippen LogP contribution in [0.25, 0.3) is 10.9 Å². The van der Waals surface area contributed by atoms with Crippen molar-refractivity contribution >= 4 is 22.5 Å². The molecule has 3 aromatic rings. The molecule has 146 valence electrons.